The fourth-order valence-corrected chi connectivity index (χ4v) is 2.10. The third-order valence-corrected chi connectivity index (χ3v) is 3.31. The van der Waals surface area contributed by atoms with Gasteiger partial charge in [-0.05, 0) is 25.3 Å². The first-order valence-corrected chi connectivity index (χ1v) is 5.74. The van der Waals surface area contributed by atoms with Crippen LogP contribution in [0.25, 0.3) is 0 Å². The molecule has 0 saturated heterocycles. The second kappa shape index (κ2) is 4.27. The Morgan fingerprint density at radius 1 is 1.47 bits per heavy atom. The molecule has 0 radical (unpaired) electrons. The lowest BCUT2D eigenvalue weighted by atomic mass is 9.68. The Labute approximate surface area is 90.6 Å². The van der Waals surface area contributed by atoms with Gasteiger partial charge in [0, 0.05) is 11.9 Å². The molecule has 0 unspecified atom stereocenters. The van der Waals surface area contributed by atoms with Crippen molar-refractivity contribution in [2.24, 2.45) is 0 Å². The van der Waals surface area contributed by atoms with Crippen molar-refractivity contribution in [2.45, 2.75) is 44.4 Å². The fourth-order valence-electron chi connectivity index (χ4n) is 2.10. The molecular weight excluding hydrogens is 188 g/mol. The van der Waals surface area contributed by atoms with E-state index >= 15 is 0 Å². The number of aliphatic hydroxyl groups excluding tert-OH is 1. The molecule has 0 amide bonds. The third kappa shape index (κ3) is 1.88. The van der Waals surface area contributed by atoms with E-state index in [1.807, 2.05) is 12.3 Å². The number of hydrogen-bond acceptors (Lipinski definition) is 3. The molecule has 0 aliphatic heterocycles. The molecule has 0 aromatic carbocycles. The van der Waals surface area contributed by atoms with Crippen molar-refractivity contribution in [1.29, 1.82) is 0 Å². The minimum Gasteiger partial charge on any atom is -0.395 e. The van der Waals surface area contributed by atoms with Crippen LogP contribution in [0.2, 0.25) is 0 Å². The number of aliphatic hydroxyl groups is 1. The van der Waals surface area contributed by atoms with Gasteiger partial charge in [0.15, 0.2) is 0 Å². The zero-order chi connectivity index (χ0) is 10.7. The van der Waals surface area contributed by atoms with Crippen LogP contribution in [0.5, 0.6) is 0 Å². The molecular formula is C12H18N2O. The van der Waals surface area contributed by atoms with Gasteiger partial charge >= 0.3 is 0 Å². The van der Waals surface area contributed by atoms with Crippen molar-refractivity contribution in [1.82, 2.24) is 9.97 Å². The van der Waals surface area contributed by atoms with Gasteiger partial charge in [-0.15, -0.1) is 0 Å². The molecule has 82 valence electrons. The van der Waals surface area contributed by atoms with Crippen LogP contribution in [0, 0.1) is 0 Å². The first-order chi connectivity index (χ1) is 7.30. The summed E-state index contributed by atoms with van der Waals surface area (Å²) in [5.74, 6) is 0.849. The molecule has 1 heterocycles. The Morgan fingerprint density at radius 2 is 2.27 bits per heavy atom. The molecule has 3 nitrogen and oxygen atoms in total. The lowest BCUT2D eigenvalue weighted by Gasteiger charge is -2.38. The lowest BCUT2D eigenvalue weighted by Crippen LogP contribution is -2.39. The van der Waals surface area contributed by atoms with Gasteiger partial charge in [-0.1, -0.05) is 19.8 Å². The lowest BCUT2D eigenvalue weighted by molar-refractivity contribution is 0.112. The van der Waals surface area contributed by atoms with Gasteiger partial charge in [0.25, 0.3) is 0 Å². The van der Waals surface area contributed by atoms with E-state index in [0.717, 1.165) is 37.2 Å². The third-order valence-electron chi connectivity index (χ3n) is 3.31. The molecule has 1 aliphatic rings. The molecule has 0 atom stereocenters. The highest BCUT2D eigenvalue weighted by atomic mass is 16.3. The monoisotopic (exact) mass is 206 g/mol. The summed E-state index contributed by atoms with van der Waals surface area (Å²) >= 11 is 0. The second-order valence-corrected chi connectivity index (χ2v) is 4.41. The van der Waals surface area contributed by atoms with Crippen molar-refractivity contribution in [3.63, 3.8) is 0 Å². The van der Waals surface area contributed by atoms with E-state index in [1.165, 1.54) is 6.42 Å². The summed E-state index contributed by atoms with van der Waals surface area (Å²) in [5.41, 5.74) is 0.978. The van der Waals surface area contributed by atoms with Gasteiger partial charge in [-0.25, -0.2) is 9.97 Å². The van der Waals surface area contributed by atoms with Crippen LogP contribution in [-0.2, 0) is 11.8 Å². The van der Waals surface area contributed by atoms with Gasteiger partial charge in [0.05, 0.1) is 12.0 Å². The fraction of sp³-hybridized carbons (Fsp3) is 0.667. The molecule has 15 heavy (non-hydrogen) atoms. The molecule has 0 spiro atoms. The molecule has 1 aromatic rings. The van der Waals surface area contributed by atoms with Gasteiger partial charge in [0.2, 0.25) is 0 Å². The first kappa shape index (κ1) is 10.6. The summed E-state index contributed by atoms with van der Waals surface area (Å²) in [6.07, 6.45) is 7.16. The highest BCUT2D eigenvalue weighted by molar-refractivity contribution is 5.15. The number of rotatable bonds is 4. The van der Waals surface area contributed by atoms with E-state index in [1.54, 1.807) is 0 Å². The van der Waals surface area contributed by atoms with E-state index in [2.05, 4.69) is 16.9 Å². The van der Waals surface area contributed by atoms with E-state index < -0.39 is 0 Å². The van der Waals surface area contributed by atoms with Crippen LogP contribution in [-0.4, -0.2) is 21.7 Å². The topological polar surface area (TPSA) is 46.0 Å². The predicted octanol–water partition coefficient (Wildman–Crippen LogP) is 1.84. The minimum atomic E-state index is -0.121. The van der Waals surface area contributed by atoms with Crippen LogP contribution >= 0.6 is 0 Å². The highest BCUT2D eigenvalue weighted by Gasteiger charge is 2.40. The summed E-state index contributed by atoms with van der Waals surface area (Å²) in [6.45, 7) is 2.33. The summed E-state index contributed by atoms with van der Waals surface area (Å²) < 4.78 is 0. The Hall–Kier alpha value is -0.960. The Balaban J connectivity index is 2.23. The summed E-state index contributed by atoms with van der Waals surface area (Å²) in [4.78, 5) is 8.87. The summed E-state index contributed by atoms with van der Waals surface area (Å²) in [5, 5.41) is 9.43. The molecule has 1 aromatic heterocycles. The number of aryl methyl sites for hydroxylation is 1. The molecule has 1 N–H and O–H groups in total. The number of hydrogen-bond donors (Lipinski definition) is 1. The molecule has 1 fully saturated rings. The smallest absolute Gasteiger partial charge is 0.136 e. The zero-order valence-electron chi connectivity index (χ0n) is 9.24. The van der Waals surface area contributed by atoms with Crippen molar-refractivity contribution < 1.29 is 5.11 Å². The molecule has 0 bridgehead atoms. The van der Waals surface area contributed by atoms with E-state index in [-0.39, 0.29) is 12.0 Å². The van der Waals surface area contributed by atoms with Crippen LogP contribution in [0.15, 0.2) is 12.3 Å². The summed E-state index contributed by atoms with van der Waals surface area (Å²) in [6, 6.07) is 1.97. The molecule has 2 rings (SSSR count). The Morgan fingerprint density at radius 3 is 2.80 bits per heavy atom. The average Bonchev–Trinajstić information content (AvgIpc) is 2.18. The first-order valence-electron chi connectivity index (χ1n) is 5.74. The maximum atomic E-state index is 9.43. The van der Waals surface area contributed by atoms with Crippen molar-refractivity contribution in [3.8, 4) is 0 Å². The summed E-state index contributed by atoms with van der Waals surface area (Å²) in [7, 11) is 0. The van der Waals surface area contributed by atoms with Crippen LogP contribution < -0.4 is 0 Å². The predicted molar refractivity (Wildman–Crippen MR) is 58.6 cm³/mol. The SMILES string of the molecule is CCCc1ccnc(C2(CO)CCC2)n1. The van der Waals surface area contributed by atoms with E-state index in [4.69, 9.17) is 0 Å². The standard InChI is InChI=1S/C12H18N2O/c1-2-4-10-5-8-13-11(14-10)12(9-15)6-3-7-12/h5,8,15H,2-4,6-7,9H2,1H3. The maximum absolute atomic E-state index is 9.43. The molecule has 1 saturated carbocycles. The van der Waals surface area contributed by atoms with Crippen LogP contribution in [0.4, 0.5) is 0 Å². The average molecular weight is 206 g/mol. The van der Waals surface area contributed by atoms with Crippen molar-refractivity contribution in [2.75, 3.05) is 6.61 Å². The highest BCUT2D eigenvalue weighted by Crippen LogP contribution is 2.41. The number of aromatic nitrogens is 2. The number of nitrogens with zero attached hydrogens (tertiary/aromatic N) is 2. The van der Waals surface area contributed by atoms with Gasteiger partial charge in [0.1, 0.15) is 5.82 Å². The van der Waals surface area contributed by atoms with Gasteiger partial charge in [-0.3, -0.25) is 0 Å². The van der Waals surface area contributed by atoms with Crippen molar-refractivity contribution >= 4 is 0 Å². The Bertz CT molecular complexity index is 329. The van der Waals surface area contributed by atoms with E-state index in [0.29, 0.717) is 0 Å². The second-order valence-electron chi connectivity index (χ2n) is 4.41. The van der Waals surface area contributed by atoms with Crippen LogP contribution in [0.1, 0.15) is 44.1 Å². The minimum absolute atomic E-state index is 0.121. The molecule has 3 heteroatoms. The normalized spacial score (nSPS) is 18.5. The van der Waals surface area contributed by atoms with Gasteiger partial charge in [-0.2, -0.15) is 0 Å². The van der Waals surface area contributed by atoms with Gasteiger partial charge < -0.3 is 5.11 Å². The Kier molecular flexibility index (Phi) is 3.00. The van der Waals surface area contributed by atoms with Crippen molar-refractivity contribution in [3.05, 3.63) is 23.8 Å². The molecule has 1 aliphatic carbocycles. The quantitative estimate of drug-likeness (QED) is 0.817. The largest absolute Gasteiger partial charge is 0.395 e. The van der Waals surface area contributed by atoms with E-state index in [9.17, 15) is 5.11 Å². The maximum Gasteiger partial charge on any atom is 0.136 e. The van der Waals surface area contributed by atoms with Crippen LogP contribution in [0.3, 0.4) is 0 Å². The zero-order valence-corrected chi connectivity index (χ0v) is 9.24.